The molecule has 1 saturated carbocycles. The summed E-state index contributed by atoms with van der Waals surface area (Å²) in [6, 6.07) is 0.156. The normalized spacial score (nSPS) is 14.1. The highest BCUT2D eigenvalue weighted by Gasteiger charge is 2.34. The van der Waals surface area contributed by atoms with E-state index >= 15 is 0 Å². The summed E-state index contributed by atoms with van der Waals surface area (Å²) in [5.41, 5.74) is 0.116. The maximum absolute atomic E-state index is 12.0. The Hall–Kier alpha value is -2.05. The molecule has 19 heavy (non-hydrogen) atoms. The molecule has 0 aromatic carbocycles. The van der Waals surface area contributed by atoms with Gasteiger partial charge in [-0.05, 0) is 12.8 Å². The highest BCUT2D eigenvalue weighted by molar-refractivity contribution is 5.86. The molecule has 2 amide bonds. The smallest absolute Gasteiger partial charge is 0.360 e. The van der Waals surface area contributed by atoms with Crippen LogP contribution in [0.3, 0.4) is 0 Å². The van der Waals surface area contributed by atoms with E-state index in [0.717, 1.165) is 12.8 Å². The fourth-order valence-corrected chi connectivity index (χ4v) is 1.72. The van der Waals surface area contributed by atoms with Crippen LogP contribution in [0.15, 0.2) is 10.7 Å². The van der Waals surface area contributed by atoms with Crippen molar-refractivity contribution in [1.29, 1.82) is 0 Å². The van der Waals surface area contributed by atoms with Crippen molar-refractivity contribution in [3.05, 3.63) is 17.8 Å². The fourth-order valence-electron chi connectivity index (χ4n) is 1.72. The number of carbonyl (C=O) groups excluding carboxylic acids is 2. The second kappa shape index (κ2) is 5.29. The van der Waals surface area contributed by atoms with E-state index in [4.69, 9.17) is 4.42 Å². The molecule has 0 spiro atoms. The molecule has 0 unspecified atom stereocenters. The van der Waals surface area contributed by atoms with Gasteiger partial charge in [0.1, 0.15) is 6.26 Å². The van der Waals surface area contributed by atoms with Crippen LogP contribution in [0.5, 0.6) is 0 Å². The van der Waals surface area contributed by atoms with E-state index in [0.29, 0.717) is 5.89 Å². The predicted molar refractivity (Wildman–Crippen MR) is 65.5 cm³/mol. The van der Waals surface area contributed by atoms with E-state index in [1.807, 2.05) is 0 Å². The van der Waals surface area contributed by atoms with Crippen molar-refractivity contribution in [3.8, 4) is 0 Å². The summed E-state index contributed by atoms with van der Waals surface area (Å²) in [4.78, 5) is 30.5. The van der Waals surface area contributed by atoms with Crippen molar-refractivity contribution in [3.63, 3.8) is 0 Å². The lowest BCUT2D eigenvalue weighted by Crippen LogP contribution is -2.40. The molecule has 7 heteroatoms. The van der Waals surface area contributed by atoms with Gasteiger partial charge in [0, 0.05) is 20.1 Å². The summed E-state index contributed by atoms with van der Waals surface area (Å²) < 4.78 is 9.75. The van der Waals surface area contributed by atoms with Gasteiger partial charge in [-0.15, -0.1) is 0 Å². The lowest BCUT2D eigenvalue weighted by atomic mass is 10.4. The summed E-state index contributed by atoms with van der Waals surface area (Å²) in [7, 11) is 4.68. The molecule has 1 aromatic heterocycles. The van der Waals surface area contributed by atoms with Gasteiger partial charge in [0.15, 0.2) is 5.69 Å². The molecule has 0 radical (unpaired) electrons. The summed E-state index contributed by atoms with van der Waals surface area (Å²) in [5.74, 6) is -0.214. The van der Waals surface area contributed by atoms with Crippen molar-refractivity contribution < 1.29 is 18.7 Å². The van der Waals surface area contributed by atoms with Crippen LogP contribution in [-0.2, 0) is 11.3 Å². The summed E-state index contributed by atoms with van der Waals surface area (Å²) in [6.07, 6.45) is 3.22. The van der Waals surface area contributed by atoms with Crippen molar-refractivity contribution in [1.82, 2.24) is 14.8 Å². The predicted octanol–water partition coefficient (Wildman–Crippen LogP) is 1.11. The highest BCUT2D eigenvalue weighted by Crippen LogP contribution is 2.29. The maximum atomic E-state index is 12.0. The van der Waals surface area contributed by atoms with Gasteiger partial charge >= 0.3 is 12.0 Å². The first kappa shape index (κ1) is 13.4. The number of rotatable bonds is 4. The minimum atomic E-state index is -0.549. The monoisotopic (exact) mass is 267 g/mol. The number of esters is 1. The molecule has 1 fully saturated rings. The number of oxazole rings is 1. The van der Waals surface area contributed by atoms with Gasteiger partial charge in [-0.2, -0.15) is 0 Å². The molecule has 1 heterocycles. The van der Waals surface area contributed by atoms with Gasteiger partial charge in [-0.3, -0.25) is 0 Å². The van der Waals surface area contributed by atoms with Gasteiger partial charge in [-0.1, -0.05) is 0 Å². The molecule has 1 aliphatic rings. The Morgan fingerprint density at radius 3 is 2.68 bits per heavy atom. The third kappa shape index (κ3) is 3.04. The summed E-state index contributed by atoms with van der Waals surface area (Å²) in [5, 5.41) is 0. The average molecular weight is 267 g/mol. The van der Waals surface area contributed by atoms with Crippen LogP contribution in [0.1, 0.15) is 29.2 Å². The standard InChI is InChI=1S/C12H17N3O4/c1-14(2)12(17)15(8-4-5-8)6-10-13-9(7-19-10)11(16)18-3/h7-8H,4-6H2,1-3H3. The van der Waals surface area contributed by atoms with Crippen LogP contribution in [0.4, 0.5) is 4.79 Å². The number of hydrogen-bond acceptors (Lipinski definition) is 5. The topological polar surface area (TPSA) is 75.9 Å². The van der Waals surface area contributed by atoms with E-state index in [-0.39, 0.29) is 24.3 Å². The second-order valence-electron chi connectivity index (χ2n) is 4.65. The number of ether oxygens (including phenoxy) is 1. The summed E-state index contributed by atoms with van der Waals surface area (Å²) >= 11 is 0. The Kier molecular flexibility index (Phi) is 3.73. The average Bonchev–Trinajstić information content (AvgIpc) is 3.13. The first-order valence-electron chi connectivity index (χ1n) is 6.03. The Morgan fingerprint density at radius 1 is 1.47 bits per heavy atom. The van der Waals surface area contributed by atoms with E-state index in [9.17, 15) is 9.59 Å². The quantitative estimate of drug-likeness (QED) is 0.764. The van der Waals surface area contributed by atoms with Gasteiger partial charge < -0.3 is 19.0 Å². The number of nitrogens with zero attached hydrogens (tertiary/aromatic N) is 3. The van der Waals surface area contributed by atoms with Crippen LogP contribution in [0.2, 0.25) is 0 Å². The first-order chi connectivity index (χ1) is 9.02. The number of aromatic nitrogens is 1. The first-order valence-corrected chi connectivity index (χ1v) is 6.03. The van der Waals surface area contributed by atoms with E-state index < -0.39 is 5.97 Å². The zero-order chi connectivity index (χ0) is 14.0. The summed E-state index contributed by atoms with van der Waals surface area (Å²) in [6.45, 7) is 0.263. The Bertz CT molecular complexity index is 479. The van der Waals surface area contributed by atoms with Gasteiger partial charge in [0.25, 0.3) is 0 Å². The molecule has 0 aliphatic heterocycles. The van der Waals surface area contributed by atoms with Gasteiger partial charge in [0.2, 0.25) is 5.89 Å². The lowest BCUT2D eigenvalue weighted by molar-refractivity contribution is 0.0594. The van der Waals surface area contributed by atoms with Gasteiger partial charge in [0.05, 0.1) is 13.7 Å². The number of urea groups is 1. The van der Waals surface area contributed by atoms with Crippen molar-refractivity contribution >= 4 is 12.0 Å². The number of hydrogen-bond donors (Lipinski definition) is 0. The van der Waals surface area contributed by atoms with Crippen LogP contribution in [0, 0.1) is 0 Å². The highest BCUT2D eigenvalue weighted by atomic mass is 16.5. The fraction of sp³-hybridized carbons (Fsp3) is 0.583. The minimum absolute atomic E-state index is 0.0830. The third-order valence-corrected chi connectivity index (χ3v) is 2.87. The molecule has 1 aromatic rings. The largest absolute Gasteiger partial charge is 0.464 e. The molecule has 1 aliphatic carbocycles. The second-order valence-corrected chi connectivity index (χ2v) is 4.65. The lowest BCUT2D eigenvalue weighted by Gasteiger charge is -2.24. The van der Waals surface area contributed by atoms with Crippen LogP contribution < -0.4 is 0 Å². The molecule has 0 saturated heterocycles. The van der Waals surface area contributed by atoms with Crippen molar-refractivity contribution in [2.24, 2.45) is 0 Å². The maximum Gasteiger partial charge on any atom is 0.360 e. The molecule has 0 bridgehead atoms. The van der Waals surface area contributed by atoms with Gasteiger partial charge in [-0.25, -0.2) is 14.6 Å². The Labute approximate surface area is 111 Å². The Morgan fingerprint density at radius 2 is 2.16 bits per heavy atom. The van der Waals surface area contributed by atoms with Crippen LogP contribution >= 0.6 is 0 Å². The molecular weight excluding hydrogens is 250 g/mol. The minimum Gasteiger partial charge on any atom is -0.464 e. The Balaban J connectivity index is 2.07. The zero-order valence-electron chi connectivity index (χ0n) is 11.3. The van der Waals surface area contributed by atoms with E-state index in [1.54, 1.807) is 19.0 Å². The van der Waals surface area contributed by atoms with Crippen molar-refractivity contribution in [2.75, 3.05) is 21.2 Å². The van der Waals surface area contributed by atoms with Crippen LogP contribution in [0.25, 0.3) is 0 Å². The molecule has 104 valence electrons. The van der Waals surface area contributed by atoms with E-state index in [1.165, 1.54) is 18.3 Å². The molecule has 0 N–H and O–H groups in total. The zero-order valence-corrected chi connectivity index (χ0v) is 11.3. The van der Waals surface area contributed by atoms with Crippen LogP contribution in [-0.4, -0.2) is 54.0 Å². The number of amides is 2. The van der Waals surface area contributed by atoms with Crippen molar-refractivity contribution in [2.45, 2.75) is 25.4 Å². The number of methoxy groups -OCH3 is 1. The molecular formula is C12H17N3O4. The molecule has 2 rings (SSSR count). The molecule has 7 nitrogen and oxygen atoms in total. The molecule has 0 atom stereocenters. The number of carbonyl (C=O) groups is 2. The van der Waals surface area contributed by atoms with E-state index in [2.05, 4.69) is 9.72 Å². The third-order valence-electron chi connectivity index (χ3n) is 2.87. The SMILES string of the molecule is COC(=O)c1coc(CN(C(=O)N(C)C)C2CC2)n1.